The molecular weight excluding hydrogens is 218 g/mol. The minimum Gasteiger partial charge on any atom is -0.316 e. The lowest BCUT2D eigenvalue weighted by Gasteiger charge is -2.19. The van der Waals surface area contributed by atoms with Gasteiger partial charge in [-0.25, -0.2) is 0 Å². The lowest BCUT2D eigenvalue weighted by molar-refractivity contribution is 0.541. The third-order valence-electron chi connectivity index (χ3n) is 3.73. The SMILES string of the molecule is CCCNCC1(c2ccccc2Cl)CC1C. The van der Waals surface area contributed by atoms with Gasteiger partial charge in [0.25, 0.3) is 0 Å². The topological polar surface area (TPSA) is 12.0 Å². The van der Waals surface area contributed by atoms with Crippen LogP contribution in [0.4, 0.5) is 0 Å². The van der Waals surface area contributed by atoms with E-state index >= 15 is 0 Å². The van der Waals surface area contributed by atoms with Crippen molar-refractivity contribution in [2.24, 2.45) is 5.92 Å². The first-order valence-corrected chi connectivity index (χ1v) is 6.54. The first-order valence-electron chi connectivity index (χ1n) is 6.16. The van der Waals surface area contributed by atoms with E-state index in [0.29, 0.717) is 5.41 Å². The van der Waals surface area contributed by atoms with Gasteiger partial charge < -0.3 is 5.32 Å². The minimum absolute atomic E-state index is 0.299. The molecule has 0 heterocycles. The van der Waals surface area contributed by atoms with Gasteiger partial charge in [-0.15, -0.1) is 0 Å². The van der Waals surface area contributed by atoms with Crippen molar-refractivity contribution in [3.8, 4) is 0 Å². The van der Waals surface area contributed by atoms with Crippen LogP contribution in [0.15, 0.2) is 24.3 Å². The van der Waals surface area contributed by atoms with Crippen LogP contribution in [0.2, 0.25) is 5.02 Å². The van der Waals surface area contributed by atoms with Gasteiger partial charge in [-0.05, 0) is 36.9 Å². The molecule has 1 aliphatic rings. The van der Waals surface area contributed by atoms with Crippen molar-refractivity contribution < 1.29 is 0 Å². The van der Waals surface area contributed by atoms with E-state index in [0.717, 1.165) is 24.0 Å². The van der Waals surface area contributed by atoms with Crippen molar-refractivity contribution >= 4 is 11.6 Å². The molecule has 1 fully saturated rings. The first-order chi connectivity index (χ1) is 7.70. The normalized spacial score (nSPS) is 28.1. The van der Waals surface area contributed by atoms with Gasteiger partial charge in [0.05, 0.1) is 0 Å². The average Bonchev–Trinajstić information content (AvgIpc) is 2.91. The largest absolute Gasteiger partial charge is 0.316 e. The van der Waals surface area contributed by atoms with Crippen molar-refractivity contribution in [1.82, 2.24) is 5.32 Å². The van der Waals surface area contributed by atoms with Crippen molar-refractivity contribution in [3.05, 3.63) is 34.9 Å². The van der Waals surface area contributed by atoms with Gasteiger partial charge in [-0.2, -0.15) is 0 Å². The molecule has 1 aromatic carbocycles. The average molecular weight is 238 g/mol. The van der Waals surface area contributed by atoms with Gasteiger partial charge in [0.1, 0.15) is 0 Å². The summed E-state index contributed by atoms with van der Waals surface area (Å²) in [6.45, 7) is 6.67. The minimum atomic E-state index is 0.299. The second kappa shape index (κ2) is 4.77. The van der Waals surface area contributed by atoms with Gasteiger partial charge in [0.15, 0.2) is 0 Å². The number of nitrogens with one attached hydrogen (secondary N) is 1. The molecule has 0 spiro atoms. The van der Waals surface area contributed by atoms with Crippen molar-refractivity contribution in [3.63, 3.8) is 0 Å². The van der Waals surface area contributed by atoms with Crippen molar-refractivity contribution in [1.29, 1.82) is 0 Å². The van der Waals surface area contributed by atoms with Gasteiger partial charge >= 0.3 is 0 Å². The molecule has 0 aromatic heterocycles. The van der Waals surface area contributed by atoms with Gasteiger partial charge in [0.2, 0.25) is 0 Å². The molecule has 0 amide bonds. The van der Waals surface area contributed by atoms with E-state index in [-0.39, 0.29) is 0 Å². The second-order valence-corrected chi connectivity index (χ2v) is 5.33. The fourth-order valence-corrected chi connectivity index (χ4v) is 2.88. The Morgan fingerprint density at radius 2 is 2.12 bits per heavy atom. The maximum atomic E-state index is 6.30. The molecule has 2 atom stereocenters. The van der Waals surface area contributed by atoms with Crippen LogP contribution in [0.25, 0.3) is 0 Å². The van der Waals surface area contributed by atoms with Crippen LogP contribution in [0.5, 0.6) is 0 Å². The van der Waals surface area contributed by atoms with E-state index < -0.39 is 0 Å². The van der Waals surface area contributed by atoms with Crippen molar-refractivity contribution in [2.75, 3.05) is 13.1 Å². The highest BCUT2D eigenvalue weighted by molar-refractivity contribution is 6.31. The first kappa shape index (κ1) is 11.9. The van der Waals surface area contributed by atoms with E-state index in [1.807, 2.05) is 12.1 Å². The number of rotatable bonds is 5. The molecule has 0 saturated heterocycles. The molecule has 2 heteroatoms. The summed E-state index contributed by atoms with van der Waals surface area (Å²) < 4.78 is 0. The summed E-state index contributed by atoms with van der Waals surface area (Å²) >= 11 is 6.30. The Kier molecular flexibility index (Phi) is 3.56. The predicted molar refractivity (Wildman–Crippen MR) is 70.1 cm³/mol. The Morgan fingerprint density at radius 1 is 1.44 bits per heavy atom. The van der Waals surface area contributed by atoms with Gasteiger partial charge in [-0.1, -0.05) is 43.6 Å². The van der Waals surface area contributed by atoms with Crippen LogP contribution < -0.4 is 5.32 Å². The highest BCUT2D eigenvalue weighted by Gasteiger charge is 2.52. The number of benzene rings is 1. The quantitative estimate of drug-likeness (QED) is 0.772. The Balaban J connectivity index is 2.13. The summed E-state index contributed by atoms with van der Waals surface area (Å²) in [7, 11) is 0. The number of halogens is 1. The van der Waals surface area contributed by atoms with E-state index in [2.05, 4.69) is 31.3 Å². The molecule has 1 aliphatic carbocycles. The third kappa shape index (κ3) is 2.11. The number of hydrogen-bond acceptors (Lipinski definition) is 1. The zero-order valence-corrected chi connectivity index (χ0v) is 10.8. The zero-order chi connectivity index (χ0) is 11.6. The van der Waals surface area contributed by atoms with Crippen LogP contribution >= 0.6 is 11.6 Å². The molecule has 1 saturated carbocycles. The molecule has 0 aliphatic heterocycles. The van der Waals surface area contributed by atoms with Crippen molar-refractivity contribution in [2.45, 2.75) is 32.1 Å². The molecule has 1 N–H and O–H groups in total. The highest BCUT2D eigenvalue weighted by Crippen LogP contribution is 2.55. The predicted octanol–water partition coefficient (Wildman–Crippen LogP) is 3.62. The van der Waals surface area contributed by atoms with E-state index in [4.69, 9.17) is 11.6 Å². The standard InChI is InChI=1S/C14H20ClN/c1-3-8-16-10-14(9-11(14)2)12-6-4-5-7-13(12)15/h4-7,11,16H,3,8-10H2,1-2H3. The van der Waals surface area contributed by atoms with Crippen LogP contribution in [-0.4, -0.2) is 13.1 Å². The maximum Gasteiger partial charge on any atom is 0.0444 e. The molecule has 1 aromatic rings. The highest BCUT2D eigenvalue weighted by atomic mass is 35.5. The lowest BCUT2D eigenvalue weighted by Crippen LogP contribution is -2.29. The van der Waals surface area contributed by atoms with Crippen LogP contribution in [0, 0.1) is 5.92 Å². The molecule has 88 valence electrons. The second-order valence-electron chi connectivity index (χ2n) is 4.92. The molecule has 0 bridgehead atoms. The van der Waals surface area contributed by atoms with Crippen LogP contribution in [0.1, 0.15) is 32.3 Å². The molecule has 0 radical (unpaired) electrons. The fourth-order valence-electron chi connectivity index (χ4n) is 2.56. The summed E-state index contributed by atoms with van der Waals surface area (Å²) in [4.78, 5) is 0. The summed E-state index contributed by atoms with van der Waals surface area (Å²) in [6, 6.07) is 8.28. The molecule has 2 unspecified atom stereocenters. The Morgan fingerprint density at radius 3 is 2.69 bits per heavy atom. The monoisotopic (exact) mass is 237 g/mol. The Bertz CT molecular complexity index is 364. The van der Waals surface area contributed by atoms with Gasteiger partial charge in [-0.3, -0.25) is 0 Å². The maximum absolute atomic E-state index is 6.30. The third-order valence-corrected chi connectivity index (χ3v) is 4.06. The molecule has 16 heavy (non-hydrogen) atoms. The summed E-state index contributed by atoms with van der Waals surface area (Å²) in [5.74, 6) is 0.747. The molecular formula is C14H20ClN. The summed E-state index contributed by atoms with van der Waals surface area (Å²) in [6.07, 6.45) is 2.44. The molecule has 1 nitrogen and oxygen atoms in total. The van der Waals surface area contributed by atoms with Crippen LogP contribution in [-0.2, 0) is 5.41 Å². The molecule has 2 rings (SSSR count). The Hall–Kier alpha value is -0.530. The summed E-state index contributed by atoms with van der Waals surface area (Å²) in [5.41, 5.74) is 1.63. The van der Waals surface area contributed by atoms with Gasteiger partial charge in [0, 0.05) is 17.0 Å². The smallest absolute Gasteiger partial charge is 0.0444 e. The zero-order valence-electron chi connectivity index (χ0n) is 10.1. The van der Waals surface area contributed by atoms with E-state index in [1.165, 1.54) is 18.4 Å². The van der Waals surface area contributed by atoms with Crippen LogP contribution in [0.3, 0.4) is 0 Å². The summed E-state index contributed by atoms with van der Waals surface area (Å²) in [5, 5.41) is 4.46. The number of hydrogen-bond donors (Lipinski definition) is 1. The van der Waals surface area contributed by atoms with E-state index in [9.17, 15) is 0 Å². The lowest BCUT2D eigenvalue weighted by atomic mass is 9.93. The fraction of sp³-hybridized carbons (Fsp3) is 0.571. The van der Waals surface area contributed by atoms with E-state index in [1.54, 1.807) is 0 Å². The Labute approximate surface area is 103 Å².